The van der Waals surface area contributed by atoms with Gasteiger partial charge in [-0.05, 0) is 49.1 Å². The van der Waals surface area contributed by atoms with E-state index in [-0.39, 0.29) is 18.3 Å². The van der Waals surface area contributed by atoms with Gasteiger partial charge in [-0.2, -0.15) is 0 Å². The van der Waals surface area contributed by atoms with E-state index >= 15 is 0 Å². The predicted molar refractivity (Wildman–Crippen MR) is 125 cm³/mol. The topological polar surface area (TPSA) is 101 Å². The van der Waals surface area contributed by atoms with Crippen LogP contribution in [0.4, 0.5) is 5.82 Å². The molecule has 0 amide bonds. The quantitative estimate of drug-likeness (QED) is 0.431. The molecule has 8 nitrogen and oxygen atoms in total. The lowest BCUT2D eigenvalue weighted by Crippen LogP contribution is -2.18. The summed E-state index contributed by atoms with van der Waals surface area (Å²) in [6, 6.07) is 15.4. The maximum absolute atomic E-state index is 13.1. The fourth-order valence-corrected chi connectivity index (χ4v) is 4.19. The summed E-state index contributed by atoms with van der Waals surface area (Å²) in [5.74, 6) is 0.616. The largest absolute Gasteiger partial charge is 0.497 e. The minimum absolute atomic E-state index is 0.0643. The zero-order chi connectivity index (χ0) is 22.8. The number of hydrogen-bond acceptors (Lipinski definition) is 7. The van der Waals surface area contributed by atoms with Gasteiger partial charge in [-0.1, -0.05) is 24.3 Å². The minimum atomic E-state index is -0.499. The fourth-order valence-electron chi connectivity index (χ4n) is 4.19. The van der Waals surface area contributed by atoms with Crippen LogP contribution in [0.3, 0.4) is 0 Å². The van der Waals surface area contributed by atoms with Crippen molar-refractivity contribution >= 4 is 34.0 Å². The normalized spacial score (nSPS) is 15.8. The van der Waals surface area contributed by atoms with Crippen LogP contribution in [-0.4, -0.2) is 46.9 Å². The van der Waals surface area contributed by atoms with Crippen molar-refractivity contribution < 1.29 is 19.0 Å². The van der Waals surface area contributed by atoms with Crippen LogP contribution in [0.25, 0.3) is 22.2 Å². The third-order valence-corrected chi connectivity index (χ3v) is 6.00. The number of rotatable bonds is 7. The Kier molecular flexibility index (Phi) is 5.83. The summed E-state index contributed by atoms with van der Waals surface area (Å²) >= 11 is 0. The number of nitrogens with two attached hydrogens (primary N) is 1. The van der Waals surface area contributed by atoms with E-state index in [9.17, 15) is 4.79 Å². The Morgan fingerprint density at radius 2 is 1.91 bits per heavy atom. The first-order valence-corrected chi connectivity index (χ1v) is 11.1. The van der Waals surface area contributed by atoms with Gasteiger partial charge in [0, 0.05) is 13.2 Å². The second-order valence-corrected chi connectivity index (χ2v) is 8.13. The Morgan fingerprint density at radius 1 is 1.15 bits per heavy atom. The third-order valence-electron chi connectivity index (χ3n) is 6.00. The number of esters is 1. The zero-order valence-corrected chi connectivity index (χ0v) is 18.5. The lowest BCUT2D eigenvalue weighted by atomic mass is 10.1. The van der Waals surface area contributed by atoms with Crippen molar-refractivity contribution in [3.63, 3.8) is 0 Å². The van der Waals surface area contributed by atoms with Gasteiger partial charge in [0.1, 0.15) is 29.3 Å². The molecule has 2 aromatic carbocycles. The highest BCUT2D eigenvalue weighted by molar-refractivity contribution is 6.08. The maximum atomic E-state index is 13.1. The lowest BCUT2D eigenvalue weighted by Gasteiger charge is -2.11. The first kappa shape index (κ1) is 21.2. The summed E-state index contributed by atoms with van der Waals surface area (Å²) in [5.41, 5.74) is 10.4. The number of aryl methyl sites for hydroxylation is 2. The Hall–Kier alpha value is -3.65. The number of hydrogen-bond donors (Lipinski definition) is 1. The summed E-state index contributed by atoms with van der Waals surface area (Å²) in [5, 5.41) is 0. The molecule has 1 atom stereocenters. The lowest BCUT2D eigenvalue weighted by molar-refractivity contribution is 0.0163. The first-order valence-electron chi connectivity index (χ1n) is 11.1. The van der Waals surface area contributed by atoms with Crippen molar-refractivity contribution in [2.75, 3.05) is 26.1 Å². The van der Waals surface area contributed by atoms with E-state index < -0.39 is 5.97 Å². The second kappa shape index (κ2) is 9.07. The Labute approximate surface area is 191 Å². The van der Waals surface area contributed by atoms with Gasteiger partial charge in [-0.3, -0.25) is 0 Å². The van der Waals surface area contributed by atoms with Gasteiger partial charge >= 0.3 is 5.97 Å². The number of para-hydroxylation sites is 2. The SMILES string of the molecule is COc1ccc(CCn2c(N)c(C(=O)OC[C@H]3CCCO3)c3nc4ccccc4nc32)cc1. The standard InChI is InChI=1S/C25H26N4O4/c1-31-17-10-8-16(9-11-17)12-13-29-23(26)21(25(30)33-15-18-5-4-14-32-18)22-24(29)28-20-7-3-2-6-19(20)27-22/h2-3,6-11,18H,4-5,12-15,26H2,1H3/t18-/m1/s1. The highest BCUT2D eigenvalue weighted by atomic mass is 16.6. The molecule has 1 fully saturated rings. The Balaban J connectivity index is 1.50. The van der Waals surface area contributed by atoms with Crippen molar-refractivity contribution in [3.05, 3.63) is 59.7 Å². The number of fused-ring (bicyclic) bond motifs is 2. The average Bonchev–Trinajstić information content (AvgIpc) is 3.46. The van der Waals surface area contributed by atoms with Gasteiger partial charge in [0.05, 0.1) is 24.2 Å². The molecule has 0 aliphatic carbocycles. The molecule has 8 heteroatoms. The van der Waals surface area contributed by atoms with Crippen molar-refractivity contribution in [2.24, 2.45) is 0 Å². The number of aromatic nitrogens is 3. The molecule has 1 saturated heterocycles. The van der Waals surface area contributed by atoms with Crippen LogP contribution in [-0.2, 0) is 22.4 Å². The zero-order valence-electron chi connectivity index (χ0n) is 18.5. The number of benzene rings is 2. The second-order valence-electron chi connectivity index (χ2n) is 8.13. The van der Waals surface area contributed by atoms with Crippen molar-refractivity contribution in [3.8, 4) is 5.75 Å². The van der Waals surface area contributed by atoms with Crippen LogP contribution in [0.1, 0.15) is 28.8 Å². The van der Waals surface area contributed by atoms with Gasteiger partial charge in [-0.15, -0.1) is 0 Å². The molecule has 0 bridgehead atoms. The summed E-state index contributed by atoms with van der Waals surface area (Å²) < 4.78 is 18.2. The molecule has 3 heterocycles. The highest BCUT2D eigenvalue weighted by Gasteiger charge is 2.26. The van der Waals surface area contributed by atoms with Gasteiger partial charge in [0.15, 0.2) is 5.65 Å². The summed E-state index contributed by atoms with van der Waals surface area (Å²) in [6.07, 6.45) is 2.51. The van der Waals surface area contributed by atoms with E-state index in [2.05, 4.69) is 0 Å². The highest BCUT2D eigenvalue weighted by Crippen LogP contribution is 2.29. The molecule has 4 aromatic rings. The molecule has 1 aliphatic rings. The van der Waals surface area contributed by atoms with Crippen molar-refractivity contribution in [1.29, 1.82) is 0 Å². The molecule has 0 radical (unpaired) electrons. The third kappa shape index (κ3) is 4.21. The van der Waals surface area contributed by atoms with Gasteiger partial charge in [0.25, 0.3) is 0 Å². The number of anilines is 1. The van der Waals surface area contributed by atoms with Gasteiger partial charge in [0.2, 0.25) is 0 Å². The van der Waals surface area contributed by atoms with Crippen molar-refractivity contribution in [2.45, 2.75) is 31.9 Å². The number of nitrogen functional groups attached to an aromatic ring is 1. The van der Waals surface area contributed by atoms with E-state index in [0.29, 0.717) is 42.1 Å². The summed E-state index contributed by atoms with van der Waals surface area (Å²) in [7, 11) is 1.64. The molecule has 0 saturated carbocycles. The molecule has 2 N–H and O–H groups in total. The monoisotopic (exact) mass is 446 g/mol. The van der Waals surface area contributed by atoms with E-state index in [0.717, 1.165) is 29.7 Å². The Morgan fingerprint density at radius 3 is 2.61 bits per heavy atom. The molecule has 33 heavy (non-hydrogen) atoms. The first-order chi connectivity index (χ1) is 16.1. The number of ether oxygens (including phenoxy) is 3. The van der Waals surface area contributed by atoms with Crippen LogP contribution in [0.15, 0.2) is 48.5 Å². The minimum Gasteiger partial charge on any atom is -0.497 e. The molecule has 0 spiro atoms. The summed E-state index contributed by atoms with van der Waals surface area (Å²) in [6.45, 7) is 1.45. The van der Waals surface area contributed by atoms with E-state index in [1.54, 1.807) is 7.11 Å². The molecule has 5 rings (SSSR count). The number of methoxy groups -OCH3 is 1. The number of nitrogens with zero attached hydrogens (tertiary/aromatic N) is 3. The molecule has 1 aliphatic heterocycles. The van der Waals surface area contributed by atoms with E-state index in [4.69, 9.17) is 29.9 Å². The molecular formula is C25H26N4O4. The molecule has 0 unspecified atom stereocenters. The van der Waals surface area contributed by atoms with E-state index in [1.807, 2.05) is 53.1 Å². The van der Waals surface area contributed by atoms with Crippen molar-refractivity contribution in [1.82, 2.24) is 14.5 Å². The Bertz CT molecular complexity index is 1290. The van der Waals surface area contributed by atoms with Crippen LogP contribution in [0.2, 0.25) is 0 Å². The maximum Gasteiger partial charge on any atom is 0.344 e. The molecule has 2 aromatic heterocycles. The number of carbonyl (C=O) groups excluding carboxylic acids is 1. The van der Waals surface area contributed by atoms with Gasteiger partial charge in [-0.25, -0.2) is 14.8 Å². The average molecular weight is 447 g/mol. The smallest absolute Gasteiger partial charge is 0.344 e. The predicted octanol–water partition coefficient (Wildman–Crippen LogP) is 3.75. The fraction of sp³-hybridized carbons (Fsp3) is 0.320. The van der Waals surface area contributed by atoms with Crippen LogP contribution in [0.5, 0.6) is 5.75 Å². The van der Waals surface area contributed by atoms with Crippen LogP contribution < -0.4 is 10.5 Å². The number of carbonyl (C=O) groups is 1. The van der Waals surface area contributed by atoms with Crippen LogP contribution >= 0.6 is 0 Å². The van der Waals surface area contributed by atoms with E-state index in [1.165, 1.54) is 0 Å². The van der Waals surface area contributed by atoms with Crippen LogP contribution in [0, 0.1) is 0 Å². The van der Waals surface area contributed by atoms with Gasteiger partial charge < -0.3 is 24.5 Å². The molecular weight excluding hydrogens is 420 g/mol. The summed E-state index contributed by atoms with van der Waals surface area (Å²) in [4.78, 5) is 22.6. The molecule has 170 valence electrons.